The second-order valence-corrected chi connectivity index (χ2v) is 4.98. The number of hydrogen-bond acceptors (Lipinski definition) is 5. The number of anilines is 1. The Balaban J connectivity index is 2.86. The van der Waals surface area contributed by atoms with E-state index >= 15 is 0 Å². The van der Waals surface area contributed by atoms with Gasteiger partial charge in [-0.25, -0.2) is 4.68 Å². The van der Waals surface area contributed by atoms with Gasteiger partial charge < -0.3 is 5.32 Å². The first-order valence-corrected chi connectivity index (χ1v) is 6.80. The molecule has 0 spiro atoms. The summed E-state index contributed by atoms with van der Waals surface area (Å²) >= 11 is 1.76. The molecule has 0 radical (unpaired) electrons. The summed E-state index contributed by atoms with van der Waals surface area (Å²) in [6.45, 7) is 3.66. The molecular weight excluding hydrogens is 240 g/mol. The van der Waals surface area contributed by atoms with E-state index < -0.39 is 0 Å². The van der Waals surface area contributed by atoms with Crippen molar-refractivity contribution in [2.24, 2.45) is 7.05 Å². The molecule has 6 nitrogen and oxygen atoms in total. The molecule has 17 heavy (non-hydrogen) atoms. The summed E-state index contributed by atoms with van der Waals surface area (Å²) in [6.07, 6.45) is 3.01. The summed E-state index contributed by atoms with van der Waals surface area (Å²) in [7, 11) is 1.71. The zero-order valence-electron chi connectivity index (χ0n) is 10.6. The van der Waals surface area contributed by atoms with Gasteiger partial charge in [0.05, 0.1) is 4.92 Å². The molecule has 0 aliphatic heterocycles. The summed E-state index contributed by atoms with van der Waals surface area (Å²) in [5.41, 5.74) is 0.514. The van der Waals surface area contributed by atoms with Gasteiger partial charge in [0, 0.05) is 13.1 Å². The van der Waals surface area contributed by atoms with Gasteiger partial charge in [-0.3, -0.25) is 10.1 Å². The first kappa shape index (κ1) is 13.8. The molecule has 1 unspecified atom stereocenters. The van der Waals surface area contributed by atoms with Crippen molar-refractivity contribution in [2.45, 2.75) is 26.3 Å². The third-order valence-electron chi connectivity index (χ3n) is 2.51. The van der Waals surface area contributed by atoms with E-state index in [2.05, 4.69) is 10.4 Å². The van der Waals surface area contributed by atoms with Crippen LogP contribution in [0.5, 0.6) is 0 Å². The van der Waals surface area contributed by atoms with Crippen LogP contribution in [0.3, 0.4) is 0 Å². The molecule has 1 N–H and O–H groups in total. The first-order valence-electron chi connectivity index (χ1n) is 5.40. The fourth-order valence-electron chi connectivity index (χ4n) is 1.63. The lowest BCUT2D eigenvalue weighted by molar-refractivity contribution is -0.384. The van der Waals surface area contributed by atoms with Gasteiger partial charge in [0.2, 0.25) is 5.82 Å². The molecule has 1 rings (SSSR count). The van der Waals surface area contributed by atoms with Crippen molar-refractivity contribution in [3.63, 3.8) is 0 Å². The number of aromatic nitrogens is 2. The van der Waals surface area contributed by atoms with Gasteiger partial charge >= 0.3 is 5.69 Å². The van der Waals surface area contributed by atoms with E-state index in [0.29, 0.717) is 11.5 Å². The van der Waals surface area contributed by atoms with Crippen molar-refractivity contribution in [1.29, 1.82) is 0 Å². The third-order valence-corrected chi connectivity index (χ3v) is 3.16. The molecule has 0 saturated heterocycles. The first-order chi connectivity index (χ1) is 7.97. The quantitative estimate of drug-likeness (QED) is 0.625. The van der Waals surface area contributed by atoms with E-state index in [1.807, 2.05) is 13.2 Å². The smallest absolute Gasteiger partial charge is 0.333 e. The largest absolute Gasteiger partial charge is 0.362 e. The molecule has 0 bridgehead atoms. The molecule has 1 aromatic heterocycles. The molecule has 1 aromatic rings. The number of nitrogens with one attached hydrogen (secondary N) is 1. The van der Waals surface area contributed by atoms with Crippen LogP contribution in [-0.4, -0.2) is 32.8 Å². The lowest BCUT2D eigenvalue weighted by Gasteiger charge is -2.13. The molecule has 96 valence electrons. The molecule has 0 aliphatic rings. The molecule has 0 saturated carbocycles. The highest BCUT2D eigenvalue weighted by molar-refractivity contribution is 7.98. The van der Waals surface area contributed by atoms with Gasteiger partial charge in [-0.15, -0.1) is 0 Å². The number of aryl methyl sites for hydroxylation is 2. The van der Waals surface area contributed by atoms with E-state index in [-0.39, 0.29) is 16.7 Å². The summed E-state index contributed by atoms with van der Waals surface area (Å²) < 4.78 is 1.53. The zero-order chi connectivity index (χ0) is 13.0. The van der Waals surface area contributed by atoms with Gasteiger partial charge in [-0.1, -0.05) is 0 Å². The van der Waals surface area contributed by atoms with E-state index in [0.717, 1.165) is 12.2 Å². The molecule has 1 atom stereocenters. The van der Waals surface area contributed by atoms with Gasteiger partial charge in [-0.2, -0.15) is 16.9 Å². The van der Waals surface area contributed by atoms with Gasteiger partial charge in [0.1, 0.15) is 5.69 Å². The van der Waals surface area contributed by atoms with Crippen molar-refractivity contribution in [3.8, 4) is 0 Å². The predicted octanol–water partition coefficient (Wildman–Crippen LogP) is 2.19. The van der Waals surface area contributed by atoms with E-state index in [9.17, 15) is 10.1 Å². The predicted molar refractivity (Wildman–Crippen MR) is 70.7 cm³/mol. The van der Waals surface area contributed by atoms with Gasteiger partial charge in [0.15, 0.2) is 0 Å². The maximum atomic E-state index is 11.0. The van der Waals surface area contributed by atoms with Gasteiger partial charge in [-0.05, 0) is 32.3 Å². The van der Waals surface area contributed by atoms with Crippen molar-refractivity contribution in [2.75, 3.05) is 17.3 Å². The Labute approximate surface area is 105 Å². The average Bonchev–Trinajstić information content (AvgIpc) is 2.51. The Morgan fingerprint density at radius 3 is 2.82 bits per heavy atom. The van der Waals surface area contributed by atoms with Crippen molar-refractivity contribution < 1.29 is 4.92 Å². The van der Waals surface area contributed by atoms with E-state index in [4.69, 9.17) is 0 Å². The maximum Gasteiger partial charge on any atom is 0.333 e. The molecule has 0 amide bonds. The number of hydrogen-bond donors (Lipinski definition) is 1. The van der Waals surface area contributed by atoms with Crippen LogP contribution in [0.25, 0.3) is 0 Å². The minimum Gasteiger partial charge on any atom is -0.362 e. The Hall–Kier alpha value is -1.24. The molecule has 0 aliphatic carbocycles. The molecular formula is C10H18N4O2S. The maximum absolute atomic E-state index is 11.0. The van der Waals surface area contributed by atoms with Crippen LogP contribution in [0.2, 0.25) is 0 Å². The van der Waals surface area contributed by atoms with Crippen molar-refractivity contribution >= 4 is 23.3 Å². The van der Waals surface area contributed by atoms with Crippen LogP contribution < -0.4 is 5.32 Å². The molecule has 7 heteroatoms. The second kappa shape index (κ2) is 5.90. The van der Waals surface area contributed by atoms with Crippen LogP contribution >= 0.6 is 11.8 Å². The van der Waals surface area contributed by atoms with E-state index in [1.165, 1.54) is 4.68 Å². The van der Waals surface area contributed by atoms with Crippen molar-refractivity contribution in [3.05, 3.63) is 15.8 Å². The topological polar surface area (TPSA) is 73.0 Å². The fourth-order valence-corrected chi connectivity index (χ4v) is 2.22. The Morgan fingerprint density at radius 2 is 2.29 bits per heavy atom. The highest BCUT2D eigenvalue weighted by Gasteiger charge is 2.24. The summed E-state index contributed by atoms with van der Waals surface area (Å²) in [5, 5.41) is 18.2. The Bertz CT molecular complexity index is 405. The lowest BCUT2D eigenvalue weighted by Crippen LogP contribution is -2.18. The second-order valence-electron chi connectivity index (χ2n) is 3.99. The van der Waals surface area contributed by atoms with Crippen LogP contribution in [0, 0.1) is 17.0 Å². The Kier molecular flexibility index (Phi) is 4.80. The molecule has 1 heterocycles. The fraction of sp³-hybridized carbons (Fsp3) is 0.700. The minimum absolute atomic E-state index is 0.0727. The van der Waals surface area contributed by atoms with Crippen LogP contribution in [0.1, 0.15) is 19.0 Å². The number of nitro groups is 1. The Morgan fingerprint density at radius 1 is 1.65 bits per heavy atom. The standard InChI is InChI=1S/C10H18N4O2S/c1-7(5-6-17-4)11-10-9(14(15)16)8(2)12-13(10)3/h7,11H,5-6H2,1-4H3. The van der Waals surface area contributed by atoms with Gasteiger partial charge in [0.25, 0.3) is 0 Å². The summed E-state index contributed by atoms with van der Waals surface area (Å²) in [5.74, 6) is 1.51. The SMILES string of the molecule is CSCCC(C)Nc1c([N+](=O)[O-])c(C)nn1C. The monoisotopic (exact) mass is 258 g/mol. The normalized spacial score (nSPS) is 12.5. The molecule has 0 fully saturated rings. The summed E-state index contributed by atoms with van der Waals surface area (Å²) in [6, 6.07) is 0.191. The van der Waals surface area contributed by atoms with Crippen molar-refractivity contribution in [1.82, 2.24) is 9.78 Å². The number of rotatable bonds is 6. The van der Waals surface area contributed by atoms with Crippen LogP contribution in [0.4, 0.5) is 11.5 Å². The van der Waals surface area contributed by atoms with Crippen LogP contribution in [0.15, 0.2) is 0 Å². The lowest BCUT2D eigenvalue weighted by atomic mass is 10.2. The highest BCUT2D eigenvalue weighted by Crippen LogP contribution is 2.28. The molecule has 0 aromatic carbocycles. The minimum atomic E-state index is -0.383. The number of nitrogens with zero attached hydrogens (tertiary/aromatic N) is 3. The number of thioether (sulfide) groups is 1. The van der Waals surface area contributed by atoms with Crippen LogP contribution in [-0.2, 0) is 7.05 Å². The third kappa shape index (κ3) is 3.36. The summed E-state index contributed by atoms with van der Waals surface area (Å²) in [4.78, 5) is 10.6. The average molecular weight is 258 g/mol. The van der Waals surface area contributed by atoms with E-state index in [1.54, 1.807) is 25.7 Å². The zero-order valence-corrected chi connectivity index (χ0v) is 11.4. The highest BCUT2D eigenvalue weighted by atomic mass is 32.2.